The molecule has 0 saturated carbocycles. The van der Waals surface area contributed by atoms with Gasteiger partial charge in [-0.05, 0) is 28.7 Å². The fourth-order valence-corrected chi connectivity index (χ4v) is 4.93. The lowest BCUT2D eigenvalue weighted by Crippen LogP contribution is -2.45. The number of nitrogens with one attached hydrogen (secondary N) is 1. The number of aryl methyl sites for hydroxylation is 1. The molecule has 2 aromatic carbocycles. The van der Waals surface area contributed by atoms with E-state index in [0.29, 0.717) is 0 Å². The summed E-state index contributed by atoms with van der Waals surface area (Å²) in [6, 6.07) is 19.0. The smallest absolute Gasteiger partial charge is 0.228 e. The van der Waals surface area contributed by atoms with Gasteiger partial charge >= 0.3 is 0 Å². The number of carbonyl (C=O) groups excluding carboxylic acids is 1. The fraction of sp³-hybridized carbons (Fsp3) is 0.333. The molecule has 2 aliphatic heterocycles. The van der Waals surface area contributed by atoms with E-state index in [4.69, 9.17) is 0 Å². The lowest BCUT2D eigenvalue weighted by atomic mass is 9.85. The Hall–Kier alpha value is -2.63. The second-order valence-corrected chi connectivity index (χ2v) is 8.11. The molecule has 3 heterocycles. The fourth-order valence-electron chi connectivity index (χ4n) is 4.93. The van der Waals surface area contributed by atoms with Crippen molar-refractivity contribution in [2.24, 2.45) is 13.0 Å². The van der Waals surface area contributed by atoms with Gasteiger partial charge in [0.1, 0.15) is 0 Å². The number of nitrogens with zero attached hydrogens (tertiary/aromatic N) is 3. The van der Waals surface area contributed by atoms with E-state index in [2.05, 4.69) is 63.8 Å². The minimum Gasteiger partial charge on any atom is -0.331 e. The van der Waals surface area contributed by atoms with Crippen LogP contribution in [0.5, 0.6) is 0 Å². The van der Waals surface area contributed by atoms with Crippen LogP contribution in [0.1, 0.15) is 34.2 Å². The van der Waals surface area contributed by atoms with E-state index in [0.717, 1.165) is 31.6 Å². The SMILES string of the molecule is Cl.Cn1cc([C@H]2CNC[C@@H]2C(=O)N2CCc3ccccc3C2c2ccccc2)cn1. The summed E-state index contributed by atoms with van der Waals surface area (Å²) in [7, 11) is 1.93. The van der Waals surface area contributed by atoms with Crippen molar-refractivity contribution >= 4 is 18.3 Å². The number of amides is 1. The first-order valence-electron chi connectivity index (χ1n) is 10.3. The molecule has 3 aromatic rings. The van der Waals surface area contributed by atoms with Gasteiger partial charge in [-0.25, -0.2) is 0 Å². The highest BCUT2D eigenvalue weighted by Gasteiger charge is 2.41. The topological polar surface area (TPSA) is 50.2 Å². The van der Waals surface area contributed by atoms with Gasteiger partial charge in [-0.1, -0.05) is 54.6 Å². The van der Waals surface area contributed by atoms with Crippen molar-refractivity contribution in [3.8, 4) is 0 Å². The van der Waals surface area contributed by atoms with E-state index in [-0.39, 0.29) is 36.2 Å². The van der Waals surface area contributed by atoms with E-state index >= 15 is 0 Å². The zero-order valence-corrected chi connectivity index (χ0v) is 17.9. The predicted octanol–water partition coefficient (Wildman–Crippen LogP) is 3.32. The van der Waals surface area contributed by atoms with Gasteiger partial charge in [0.25, 0.3) is 0 Å². The van der Waals surface area contributed by atoms with Crippen molar-refractivity contribution in [1.29, 1.82) is 0 Å². The lowest BCUT2D eigenvalue weighted by Gasteiger charge is -2.39. The number of aromatic nitrogens is 2. The molecule has 2 aliphatic rings. The molecule has 6 heteroatoms. The monoisotopic (exact) mass is 422 g/mol. The van der Waals surface area contributed by atoms with Crippen LogP contribution in [0.2, 0.25) is 0 Å². The van der Waals surface area contributed by atoms with Crippen LogP contribution < -0.4 is 5.32 Å². The lowest BCUT2D eigenvalue weighted by molar-refractivity contribution is -0.137. The second kappa shape index (κ2) is 8.62. The number of hydrogen-bond acceptors (Lipinski definition) is 3. The molecule has 1 N–H and O–H groups in total. The minimum atomic E-state index is -0.0596. The van der Waals surface area contributed by atoms with Crippen molar-refractivity contribution in [3.05, 3.63) is 89.2 Å². The zero-order valence-electron chi connectivity index (χ0n) is 17.1. The molecule has 30 heavy (non-hydrogen) atoms. The quantitative estimate of drug-likeness (QED) is 0.704. The van der Waals surface area contributed by atoms with Gasteiger partial charge in [-0.3, -0.25) is 9.48 Å². The number of halogens is 1. The Kier molecular flexibility index (Phi) is 5.93. The third-order valence-electron chi connectivity index (χ3n) is 6.37. The molecule has 0 radical (unpaired) electrons. The van der Waals surface area contributed by atoms with Crippen LogP contribution in [0, 0.1) is 5.92 Å². The molecule has 0 spiro atoms. The average Bonchev–Trinajstić information content (AvgIpc) is 3.42. The molecule has 1 unspecified atom stereocenters. The minimum absolute atomic E-state index is 0. The maximum atomic E-state index is 13.8. The van der Waals surface area contributed by atoms with Crippen molar-refractivity contribution in [1.82, 2.24) is 20.0 Å². The van der Waals surface area contributed by atoms with E-state index in [1.54, 1.807) is 0 Å². The second-order valence-electron chi connectivity index (χ2n) is 8.11. The molecule has 156 valence electrons. The van der Waals surface area contributed by atoms with E-state index < -0.39 is 0 Å². The van der Waals surface area contributed by atoms with Crippen LogP contribution in [0.25, 0.3) is 0 Å². The Balaban J connectivity index is 0.00000218. The Labute approximate surface area is 183 Å². The highest BCUT2D eigenvalue weighted by atomic mass is 35.5. The first-order chi connectivity index (χ1) is 14.2. The third-order valence-corrected chi connectivity index (χ3v) is 6.37. The summed E-state index contributed by atoms with van der Waals surface area (Å²) in [6.45, 7) is 2.30. The van der Waals surface area contributed by atoms with Crippen LogP contribution in [-0.4, -0.2) is 40.2 Å². The Morgan fingerprint density at radius 2 is 1.80 bits per heavy atom. The number of benzene rings is 2. The van der Waals surface area contributed by atoms with Gasteiger partial charge in [0, 0.05) is 38.8 Å². The summed E-state index contributed by atoms with van der Waals surface area (Å²) in [5.74, 6) is 0.354. The number of fused-ring (bicyclic) bond motifs is 1. The molecule has 5 nitrogen and oxygen atoms in total. The average molecular weight is 423 g/mol. The molecule has 1 amide bonds. The van der Waals surface area contributed by atoms with Crippen LogP contribution in [-0.2, 0) is 18.3 Å². The summed E-state index contributed by atoms with van der Waals surface area (Å²) >= 11 is 0. The Morgan fingerprint density at radius 3 is 2.57 bits per heavy atom. The molecular weight excluding hydrogens is 396 g/mol. The molecule has 1 fully saturated rings. The normalized spacial score (nSPS) is 23.0. The number of hydrogen-bond donors (Lipinski definition) is 1. The summed E-state index contributed by atoms with van der Waals surface area (Å²) in [5.41, 5.74) is 4.92. The maximum Gasteiger partial charge on any atom is 0.228 e. The van der Waals surface area contributed by atoms with Crippen LogP contribution in [0.15, 0.2) is 67.0 Å². The van der Waals surface area contributed by atoms with Crippen molar-refractivity contribution in [2.45, 2.75) is 18.4 Å². The van der Waals surface area contributed by atoms with Gasteiger partial charge in [0.2, 0.25) is 5.91 Å². The summed E-state index contributed by atoms with van der Waals surface area (Å²) < 4.78 is 1.82. The molecule has 5 rings (SSSR count). The van der Waals surface area contributed by atoms with Crippen LogP contribution >= 0.6 is 12.4 Å². The van der Waals surface area contributed by atoms with Crippen LogP contribution in [0.3, 0.4) is 0 Å². The summed E-state index contributed by atoms with van der Waals surface area (Å²) in [5, 5.41) is 7.76. The Bertz CT molecular complexity index is 1020. The molecule has 0 aliphatic carbocycles. The summed E-state index contributed by atoms with van der Waals surface area (Å²) in [4.78, 5) is 16.0. The summed E-state index contributed by atoms with van der Waals surface area (Å²) in [6.07, 6.45) is 4.85. The van der Waals surface area contributed by atoms with Gasteiger partial charge in [-0.15, -0.1) is 12.4 Å². The van der Waals surface area contributed by atoms with E-state index in [1.807, 2.05) is 30.2 Å². The third kappa shape index (κ3) is 3.64. The van der Waals surface area contributed by atoms with Gasteiger partial charge < -0.3 is 10.2 Å². The van der Waals surface area contributed by atoms with Crippen LogP contribution in [0.4, 0.5) is 0 Å². The molecular formula is C24H27ClN4O. The standard InChI is InChI=1S/C24H26N4O.ClH/c1-27-16-19(13-26-27)21-14-25-15-22(21)24(29)28-12-11-17-7-5-6-10-20(17)23(28)18-8-3-2-4-9-18;/h2-10,13,16,21-23,25H,11-12,14-15H2,1H3;1H/t21-,22+,23?;/m1./s1. The predicted molar refractivity (Wildman–Crippen MR) is 120 cm³/mol. The highest BCUT2D eigenvalue weighted by molar-refractivity contribution is 5.85. The van der Waals surface area contributed by atoms with E-state index in [1.165, 1.54) is 16.7 Å². The first-order valence-corrected chi connectivity index (χ1v) is 10.3. The van der Waals surface area contributed by atoms with Gasteiger partial charge in [0.15, 0.2) is 0 Å². The number of rotatable bonds is 3. The van der Waals surface area contributed by atoms with Crippen molar-refractivity contribution in [2.75, 3.05) is 19.6 Å². The van der Waals surface area contributed by atoms with Gasteiger partial charge in [-0.2, -0.15) is 5.10 Å². The number of carbonyl (C=O) groups is 1. The Morgan fingerprint density at radius 1 is 1.03 bits per heavy atom. The van der Waals surface area contributed by atoms with Crippen molar-refractivity contribution < 1.29 is 4.79 Å². The molecule has 0 bridgehead atoms. The zero-order chi connectivity index (χ0) is 19.8. The largest absolute Gasteiger partial charge is 0.331 e. The van der Waals surface area contributed by atoms with Crippen molar-refractivity contribution in [3.63, 3.8) is 0 Å². The highest BCUT2D eigenvalue weighted by Crippen LogP contribution is 2.38. The maximum absolute atomic E-state index is 13.8. The molecule has 1 saturated heterocycles. The van der Waals surface area contributed by atoms with Gasteiger partial charge in [0.05, 0.1) is 18.2 Å². The molecule has 3 atom stereocenters. The molecule has 1 aromatic heterocycles. The van der Waals surface area contributed by atoms with E-state index in [9.17, 15) is 4.79 Å². The first kappa shape index (κ1) is 20.6.